The van der Waals surface area contributed by atoms with Gasteiger partial charge in [-0.15, -0.1) is 0 Å². The van der Waals surface area contributed by atoms with E-state index in [0.29, 0.717) is 10.7 Å². The summed E-state index contributed by atoms with van der Waals surface area (Å²) < 4.78 is 27.7. The molecule has 0 saturated carbocycles. The van der Waals surface area contributed by atoms with Gasteiger partial charge in [0, 0.05) is 30.2 Å². The molecule has 2 aromatic heterocycles. The first kappa shape index (κ1) is 19.8. The van der Waals surface area contributed by atoms with Gasteiger partial charge in [0.05, 0.1) is 10.8 Å². The van der Waals surface area contributed by atoms with Crippen molar-refractivity contribution < 1.29 is 13.6 Å². The van der Waals surface area contributed by atoms with Gasteiger partial charge in [0.25, 0.3) is 0 Å². The zero-order chi connectivity index (χ0) is 21.1. The molecule has 2 heterocycles. The van der Waals surface area contributed by atoms with Gasteiger partial charge in [0.2, 0.25) is 5.91 Å². The van der Waals surface area contributed by atoms with Crippen molar-refractivity contribution in [1.82, 2.24) is 9.97 Å². The van der Waals surface area contributed by atoms with Crippen molar-refractivity contribution >= 4 is 22.4 Å². The molecule has 0 aliphatic heterocycles. The second-order valence-electron chi connectivity index (χ2n) is 6.82. The molecular formula is C23H17F2N3OS. The Bertz CT molecular complexity index is 1170. The minimum absolute atomic E-state index is 0.232. The van der Waals surface area contributed by atoms with Crippen molar-refractivity contribution in [3.05, 3.63) is 102 Å². The first-order valence-electron chi connectivity index (χ1n) is 9.19. The Kier molecular flexibility index (Phi) is 5.63. The lowest BCUT2D eigenvalue weighted by molar-refractivity contribution is -0.116. The Balaban J connectivity index is 1.64. The standard InChI is InChI=1S/C23H17F2N3OS/c1-14-7-17(12-26-11-14)20-13-27-23(30-20)28-22(29)21(15-5-3-2-4-6-15)16-8-18(24)10-19(25)9-16/h2-13,21H,1H3,(H,27,28,29). The first-order chi connectivity index (χ1) is 14.5. The maximum atomic E-state index is 13.8. The fourth-order valence-electron chi connectivity index (χ4n) is 3.22. The van der Waals surface area contributed by atoms with Crippen molar-refractivity contribution in [1.29, 1.82) is 0 Å². The van der Waals surface area contributed by atoms with Crippen molar-refractivity contribution in [2.75, 3.05) is 5.32 Å². The number of hydrogen-bond acceptors (Lipinski definition) is 4. The molecule has 4 rings (SSSR count). The number of thiazole rings is 1. The van der Waals surface area contributed by atoms with Crippen LogP contribution < -0.4 is 5.32 Å². The molecular weight excluding hydrogens is 404 g/mol. The van der Waals surface area contributed by atoms with Gasteiger partial charge in [-0.25, -0.2) is 13.8 Å². The van der Waals surface area contributed by atoms with Crippen LogP contribution in [0.2, 0.25) is 0 Å². The summed E-state index contributed by atoms with van der Waals surface area (Å²) in [6.45, 7) is 1.95. The minimum atomic E-state index is -0.885. The van der Waals surface area contributed by atoms with Crippen LogP contribution in [0.5, 0.6) is 0 Å². The topological polar surface area (TPSA) is 54.9 Å². The number of aryl methyl sites for hydroxylation is 1. The van der Waals surface area contributed by atoms with Crippen LogP contribution in [0.4, 0.5) is 13.9 Å². The molecule has 0 radical (unpaired) electrons. The third-order valence-electron chi connectivity index (χ3n) is 4.51. The molecule has 0 spiro atoms. The molecule has 2 aromatic carbocycles. The number of carbonyl (C=O) groups is 1. The number of hydrogen-bond donors (Lipinski definition) is 1. The summed E-state index contributed by atoms with van der Waals surface area (Å²) in [4.78, 5) is 22.4. The largest absolute Gasteiger partial charge is 0.301 e. The molecule has 30 heavy (non-hydrogen) atoms. The summed E-state index contributed by atoms with van der Waals surface area (Å²) in [7, 11) is 0. The summed E-state index contributed by atoms with van der Waals surface area (Å²) in [5.41, 5.74) is 2.78. The van der Waals surface area contributed by atoms with Crippen LogP contribution in [-0.2, 0) is 4.79 Å². The van der Waals surface area contributed by atoms with E-state index in [1.165, 1.54) is 23.5 Å². The van der Waals surface area contributed by atoms with E-state index < -0.39 is 23.5 Å². The van der Waals surface area contributed by atoms with E-state index in [0.717, 1.165) is 22.1 Å². The molecule has 1 N–H and O–H groups in total. The first-order valence-corrected chi connectivity index (χ1v) is 10.0. The molecule has 7 heteroatoms. The molecule has 0 fully saturated rings. The molecule has 150 valence electrons. The summed E-state index contributed by atoms with van der Waals surface area (Å²) in [6.07, 6.45) is 5.15. The van der Waals surface area contributed by atoms with Crippen LogP contribution in [0.25, 0.3) is 10.4 Å². The molecule has 1 amide bonds. The van der Waals surface area contributed by atoms with Crippen molar-refractivity contribution in [2.45, 2.75) is 12.8 Å². The van der Waals surface area contributed by atoms with E-state index in [-0.39, 0.29) is 5.56 Å². The summed E-state index contributed by atoms with van der Waals surface area (Å²) in [5.74, 6) is -2.77. The summed E-state index contributed by atoms with van der Waals surface area (Å²) >= 11 is 1.31. The lowest BCUT2D eigenvalue weighted by Crippen LogP contribution is -2.22. The molecule has 4 aromatic rings. The Hall–Kier alpha value is -3.45. The number of rotatable bonds is 5. The molecule has 1 unspecified atom stereocenters. The van der Waals surface area contributed by atoms with Crippen molar-refractivity contribution in [2.24, 2.45) is 0 Å². The highest BCUT2D eigenvalue weighted by Gasteiger charge is 2.25. The van der Waals surface area contributed by atoms with E-state index in [9.17, 15) is 13.6 Å². The fourth-order valence-corrected chi connectivity index (χ4v) is 4.02. The molecule has 4 nitrogen and oxygen atoms in total. The highest BCUT2D eigenvalue weighted by Crippen LogP contribution is 2.31. The quantitative estimate of drug-likeness (QED) is 0.459. The van der Waals surface area contributed by atoms with E-state index in [1.807, 2.05) is 19.1 Å². The van der Waals surface area contributed by atoms with Gasteiger partial charge in [-0.3, -0.25) is 9.78 Å². The summed E-state index contributed by atoms with van der Waals surface area (Å²) in [5, 5.41) is 3.18. The zero-order valence-electron chi connectivity index (χ0n) is 16.0. The van der Waals surface area contributed by atoms with Crippen LogP contribution in [-0.4, -0.2) is 15.9 Å². The molecule has 0 aliphatic rings. The molecule has 0 bridgehead atoms. The maximum Gasteiger partial charge on any atom is 0.238 e. The molecule has 0 aliphatic carbocycles. The van der Waals surface area contributed by atoms with Gasteiger partial charge >= 0.3 is 0 Å². The Morgan fingerprint density at radius 1 is 0.967 bits per heavy atom. The SMILES string of the molecule is Cc1cncc(-c2cnc(NC(=O)C(c3ccccc3)c3cc(F)cc(F)c3)s2)c1. The van der Waals surface area contributed by atoms with Gasteiger partial charge < -0.3 is 5.32 Å². The Morgan fingerprint density at radius 2 is 1.70 bits per heavy atom. The van der Waals surface area contributed by atoms with E-state index >= 15 is 0 Å². The number of nitrogens with one attached hydrogen (secondary N) is 1. The smallest absolute Gasteiger partial charge is 0.238 e. The Morgan fingerprint density at radius 3 is 2.40 bits per heavy atom. The summed E-state index contributed by atoms with van der Waals surface area (Å²) in [6, 6.07) is 14.0. The van der Waals surface area contributed by atoms with Crippen molar-refractivity contribution in [3.63, 3.8) is 0 Å². The number of aromatic nitrogens is 2. The third-order valence-corrected chi connectivity index (χ3v) is 5.47. The lowest BCUT2D eigenvalue weighted by Gasteiger charge is -2.17. The molecule has 1 atom stereocenters. The van der Waals surface area contributed by atoms with Crippen LogP contribution >= 0.6 is 11.3 Å². The number of pyridine rings is 1. The van der Waals surface area contributed by atoms with E-state index in [2.05, 4.69) is 15.3 Å². The fraction of sp³-hybridized carbons (Fsp3) is 0.0870. The number of amides is 1. The predicted molar refractivity (Wildman–Crippen MR) is 113 cm³/mol. The highest BCUT2D eigenvalue weighted by molar-refractivity contribution is 7.19. The zero-order valence-corrected chi connectivity index (χ0v) is 16.8. The highest BCUT2D eigenvalue weighted by atomic mass is 32.1. The maximum absolute atomic E-state index is 13.8. The number of nitrogens with zero attached hydrogens (tertiary/aromatic N) is 2. The number of halogens is 2. The van der Waals surface area contributed by atoms with Crippen LogP contribution in [0.15, 0.2) is 73.2 Å². The van der Waals surface area contributed by atoms with Gasteiger partial charge in [-0.1, -0.05) is 41.7 Å². The molecule has 0 saturated heterocycles. The van der Waals surface area contributed by atoms with Gasteiger partial charge in [-0.05, 0) is 41.8 Å². The average Bonchev–Trinajstić information content (AvgIpc) is 3.17. The number of benzene rings is 2. The van der Waals surface area contributed by atoms with Crippen molar-refractivity contribution in [3.8, 4) is 10.4 Å². The van der Waals surface area contributed by atoms with Crippen LogP contribution in [0.1, 0.15) is 22.6 Å². The van der Waals surface area contributed by atoms with E-state index in [1.54, 1.807) is 42.9 Å². The van der Waals surface area contributed by atoms with E-state index in [4.69, 9.17) is 0 Å². The van der Waals surface area contributed by atoms with Crippen LogP contribution in [0.3, 0.4) is 0 Å². The lowest BCUT2D eigenvalue weighted by atomic mass is 9.90. The predicted octanol–water partition coefficient (Wildman–Crippen LogP) is 5.56. The van der Waals surface area contributed by atoms with Gasteiger partial charge in [0.1, 0.15) is 11.6 Å². The number of anilines is 1. The van der Waals surface area contributed by atoms with Gasteiger partial charge in [-0.2, -0.15) is 0 Å². The second-order valence-corrected chi connectivity index (χ2v) is 7.85. The Labute approximate surface area is 176 Å². The average molecular weight is 421 g/mol. The van der Waals surface area contributed by atoms with Gasteiger partial charge in [0.15, 0.2) is 5.13 Å². The van der Waals surface area contributed by atoms with Crippen LogP contribution in [0, 0.1) is 18.6 Å². The monoisotopic (exact) mass is 421 g/mol. The minimum Gasteiger partial charge on any atom is -0.301 e. The second kappa shape index (κ2) is 8.51. The normalized spacial score (nSPS) is 11.8. The number of carbonyl (C=O) groups excluding carboxylic acids is 1. The third kappa shape index (κ3) is 4.41.